The Kier molecular flexibility index (Phi) is 4.81. The molecule has 0 saturated carbocycles. The van der Waals surface area contributed by atoms with E-state index in [1.807, 2.05) is 37.3 Å². The summed E-state index contributed by atoms with van der Waals surface area (Å²) >= 11 is 8.58. The van der Waals surface area contributed by atoms with Crippen LogP contribution in [0.3, 0.4) is 0 Å². The van der Waals surface area contributed by atoms with Gasteiger partial charge in [0.15, 0.2) is 5.11 Å². The maximum absolute atomic E-state index is 5.24. The van der Waals surface area contributed by atoms with Crippen molar-refractivity contribution in [3.63, 3.8) is 0 Å². The van der Waals surface area contributed by atoms with Gasteiger partial charge < -0.3 is 10.6 Å². The van der Waals surface area contributed by atoms with Gasteiger partial charge in [-0.1, -0.05) is 6.07 Å². The molecule has 2 aromatic heterocycles. The fourth-order valence-corrected chi connectivity index (χ4v) is 2.02. The Balaban J connectivity index is 1.93. The van der Waals surface area contributed by atoms with E-state index in [2.05, 4.69) is 36.5 Å². The van der Waals surface area contributed by atoms with Gasteiger partial charge in [0, 0.05) is 16.9 Å². The van der Waals surface area contributed by atoms with Crippen LogP contribution < -0.4 is 10.6 Å². The summed E-state index contributed by atoms with van der Waals surface area (Å²) in [5.74, 6) is 0.703. The van der Waals surface area contributed by atoms with Crippen molar-refractivity contribution < 1.29 is 0 Å². The lowest BCUT2D eigenvalue weighted by Crippen LogP contribution is -2.31. The zero-order valence-corrected chi connectivity index (χ0v) is 12.7. The molecule has 0 aliphatic carbocycles. The molecular weight excluding hydrogens is 324 g/mol. The van der Waals surface area contributed by atoms with E-state index >= 15 is 0 Å². The summed E-state index contributed by atoms with van der Waals surface area (Å²) in [5.41, 5.74) is 0.940. The van der Waals surface area contributed by atoms with Gasteiger partial charge in [0.25, 0.3) is 0 Å². The average molecular weight is 337 g/mol. The molecule has 4 nitrogen and oxygen atoms in total. The van der Waals surface area contributed by atoms with Crippen LogP contribution in [0.15, 0.2) is 47.2 Å². The fraction of sp³-hybridized carbons (Fsp3) is 0.154. The van der Waals surface area contributed by atoms with Crippen molar-refractivity contribution in [1.29, 1.82) is 0 Å². The SMILES string of the molecule is CC(NC(=S)Nc1ccc(Br)cn1)c1ccccn1. The first-order valence-corrected chi connectivity index (χ1v) is 6.95. The van der Waals surface area contributed by atoms with Gasteiger partial charge in [0.2, 0.25) is 0 Å². The smallest absolute Gasteiger partial charge is 0.172 e. The summed E-state index contributed by atoms with van der Waals surface area (Å²) in [6.45, 7) is 2.01. The zero-order valence-electron chi connectivity index (χ0n) is 10.3. The molecule has 19 heavy (non-hydrogen) atoms. The molecule has 0 saturated heterocycles. The monoisotopic (exact) mass is 336 g/mol. The maximum atomic E-state index is 5.24. The third-order valence-electron chi connectivity index (χ3n) is 2.45. The molecule has 0 aliphatic rings. The number of hydrogen-bond donors (Lipinski definition) is 2. The number of pyridine rings is 2. The van der Waals surface area contributed by atoms with Gasteiger partial charge in [-0.25, -0.2) is 4.98 Å². The van der Waals surface area contributed by atoms with Crippen LogP contribution in [0, 0.1) is 0 Å². The average Bonchev–Trinajstić information content (AvgIpc) is 2.42. The third kappa shape index (κ3) is 4.25. The summed E-state index contributed by atoms with van der Waals surface area (Å²) in [6, 6.07) is 9.59. The topological polar surface area (TPSA) is 49.8 Å². The molecule has 2 aromatic rings. The van der Waals surface area contributed by atoms with E-state index in [-0.39, 0.29) is 6.04 Å². The van der Waals surface area contributed by atoms with Crippen molar-refractivity contribution in [1.82, 2.24) is 15.3 Å². The van der Waals surface area contributed by atoms with Crippen molar-refractivity contribution >= 4 is 39.1 Å². The minimum atomic E-state index is 0.0386. The Hall–Kier alpha value is -1.53. The zero-order chi connectivity index (χ0) is 13.7. The second kappa shape index (κ2) is 6.58. The van der Waals surface area contributed by atoms with Crippen LogP contribution in [0.1, 0.15) is 18.7 Å². The lowest BCUT2D eigenvalue weighted by Gasteiger charge is -2.16. The minimum Gasteiger partial charge on any atom is -0.354 e. The Bertz CT molecular complexity index is 544. The predicted molar refractivity (Wildman–Crippen MR) is 83.9 cm³/mol. The van der Waals surface area contributed by atoms with Gasteiger partial charge in [0.05, 0.1) is 11.7 Å². The molecule has 0 aliphatic heterocycles. The Morgan fingerprint density at radius 3 is 2.74 bits per heavy atom. The van der Waals surface area contributed by atoms with Crippen LogP contribution >= 0.6 is 28.1 Å². The molecule has 2 rings (SSSR count). The highest BCUT2D eigenvalue weighted by Crippen LogP contribution is 2.11. The van der Waals surface area contributed by atoms with Crippen molar-refractivity contribution in [3.05, 3.63) is 52.9 Å². The van der Waals surface area contributed by atoms with Crippen LogP contribution in [-0.4, -0.2) is 15.1 Å². The molecule has 0 amide bonds. The molecule has 0 bridgehead atoms. The highest BCUT2D eigenvalue weighted by Gasteiger charge is 2.07. The van der Waals surface area contributed by atoms with E-state index in [1.54, 1.807) is 12.4 Å². The fourth-order valence-electron chi connectivity index (χ4n) is 1.50. The molecular formula is C13H13BrN4S. The molecule has 2 N–H and O–H groups in total. The molecule has 0 spiro atoms. The summed E-state index contributed by atoms with van der Waals surface area (Å²) < 4.78 is 0.929. The van der Waals surface area contributed by atoms with E-state index in [4.69, 9.17) is 12.2 Å². The van der Waals surface area contributed by atoms with Crippen LogP contribution in [0.4, 0.5) is 5.82 Å². The number of nitrogens with zero attached hydrogens (tertiary/aromatic N) is 2. The van der Waals surface area contributed by atoms with Gasteiger partial charge in [-0.05, 0) is 59.3 Å². The largest absolute Gasteiger partial charge is 0.354 e. The van der Waals surface area contributed by atoms with E-state index < -0.39 is 0 Å². The van der Waals surface area contributed by atoms with E-state index in [9.17, 15) is 0 Å². The normalized spacial score (nSPS) is 11.7. The second-order valence-corrected chi connectivity index (χ2v) is 5.26. The lowest BCUT2D eigenvalue weighted by atomic mass is 10.2. The van der Waals surface area contributed by atoms with Gasteiger partial charge in [0.1, 0.15) is 5.82 Å². The molecule has 6 heteroatoms. The molecule has 0 fully saturated rings. The highest BCUT2D eigenvalue weighted by atomic mass is 79.9. The van der Waals surface area contributed by atoms with Gasteiger partial charge in [-0.15, -0.1) is 0 Å². The quantitative estimate of drug-likeness (QED) is 0.842. The molecule has 1 unspecified atom stereocenters. The summed E-state index contributed by atoms with van der Waals surface area (Å²) in [5, 5.41) is 6.72. The van der Waals surface area contributed by atoms with Crippen molar-refractivity contribution in [2.24, 2.45) is 0 Å². The van der Waals surface area contributed by atoms with Gasteiger partial charge in [-0.2, -0.15) is 0 Å². The number of halogens is 1. The third-order valence-corrected chi connectivity index (χ3v) is 3.14. The summed E-state index contributed by atoms with van der Waals surface area (Å²) in [7, 11) is 0. The summed E-state index contributed by atoms with van der Waals surface area (Å²) in [4.78, 5) is 8.48. The molecule has 98 valence electrons. The first-order valence-electron chi connectivity index (χ1n) is 5.75. The minimum absolute atomic E-state index is 0.0386. The van der Waals surface area contributed by atoms with E-state index in [1.165, 1.54) is 0 Å². The van der Waals surface area contributed by atoms with Gasteiger partial charge in [-0.3, -0.25) is 4.98 Å². The van der Waals surface area contributed by atoms with Crippen LogP contribution in [0.5, 0.6) is 0 Å². The molecule has 1 atom stereocenters. The summed E-state index contributed by atoms with van der Waals surface area (Å²) in [6.07, 6.45) is 3.48. The standard InChI is InChI=1S/C13H13BrN4S/c1-9(11-4-2-3-7-15-11)17-13(19)18-12-6-5-10(14)8-16-12/h2-9H,1H3,(H2,16,17,18,19). The maximum Gasteiger partial charge on any atom is 0.172 e. The molecule has 0 aromatic carbocycles. The Morgan fingerprint density at radius 1 is 1.26 bits per heavy atom. The first kappa shape index (κ1) is 13.9. The van der Waals surface area contributed by atoms with E-state index in [0.717, 1.165) is 10.2 Å². The lowest BCUT2D eigenvalue weighted by molar-refractivity contribution is 0.696. The van der Waals surface area contributed by atoms with Crippen LogP contribution in [0.2, 0.25) is 0 Å². The van der Waals surface area contributed by atoms with Crippen LogP contribution in [-0.2, 0) is 0 Å². The van der Waals surface area contributed by atoms with Crippen molar-refractivity contribution in [2.75, 3.05) is 5.32 Å². The number of thiocarbonyl (C=S) groups is 1. The van der Waals surface area contributed by atoms with Crippen molar-refractivity contribution in [3.8, 4) is 0 Å². The van der Waals surface area contributed by atoms with Crippen LogP contribution in [0.25, 0.3) is 0 Å². The van der Waals surface area contributed by atoms with Gasteiger partial charge >= 0.3 is 0 Å². The number of hydrogen-bond acceptors (Lipinski definition) is 3. The first-order chi connectivity index (χ1) is 9.15. The molecule has 0 radical (unpaired) electrons. The second-order valence-electron chi connectivity index (χ2n) is 3.94. The van der Waals surface area contributed by atoms with E-state index in [0.29, 0.717) is 10.9 Å². The number of aromatic nitrogens is 2. The number of anilines is 1. The Morgan fingerprint density at radius 2 is 2.11 bits per heavy atom. The van der Waals surface area contributed by atoms with Crippen molar-refractivity contribution in [2.45, 2.75) is 13.0 Å². The number of nitrogens with one attached hydrogen (secondary N) is 2. The predicted octanol–water partition coefficient (Wildman–Crippen LogP) is 3.29. The Labute approximate surface area is 125 Å². The molecule has 2 heterocycles. The highest BCUT2D eigenvalue weighted by molar-refractivity contribution is 9.10. The number of rotatable bonds is 3.